The Balaban J connectivity index is 2.30. The van der Waals surface area contributed by atoms with Crippen molar-refractivity contribution < 1.29 is 4.74 Å². The van der Waals surface area contributed by atoms with Crippen LogP contribution in [-0.4, -0.2) is 13.3 Å². The fourth-order valence-corrected chi connectivity index (χ4v) is 1.71. The highest BCUT2D eigenvalue weighted by Gasteiger charge is 2.02. The first-order valence-corrected chi connectivity index (χ1v) is 5.54. The Morgan fingerprint density at radius 3 is 2.47 bits per heavy atom. The van der Waals surface area contributed by atoms with E-state index in [4.69, 9.17) is 4.74 Å². The first-order chi connectivity index (χ1) is 8.31. The molecule has 0 heterocycles. The van der Waals surface area contributed by atoms with Crippen molar-refractivity contribution in [2.45, 2.75) is 6.92 Å². The lowest BCUT2D eigenvalue weighted by Gasteiger charge is -2.07. The minimum atomic E-state index is 0.882. The molecule has 0 aliphatic rings. The van der Waals surface area contributed by atoms with Gasteiger partial charge < -0.3 is 4.74 Å². The minimum Gasteiger partial charge on any atom is -0.496 e. The lowest BCUT2D eigenvalue weighted by molar-refractivity contribution is 0.411. The average Bonchev–Trinajstić information content (AvgIpc) is 2.37. The molecule has 0 aromatic heterocycles. The topological polar surface area (TPSA) is 21.6 Å². The van der Waals surface area contributed by atoms with Gasteiger partial charge in [-0.1, -0.05) is 30.3 Å². The predicted octanol–water partition coefficient (Wildman–Crippen LogP) is 3.75. The van der Waals surface area contributed by atoms with Crippen LogP contribution in [0.15, 0.2) is 53.5 Å². The summed E-state index contributed by atoms with van der Waals surface area (Å²) < 4.78 is 5.37. The van der Waals surface area contributed by atoms with Gasteiger partial charge in [0, 0.05) is 11.8 Å². The molecule has 0 saturated heterocycles. The summed E-state index contributed by atoms with van der Waals surface area (Å²) >= 11 is 0. The van der Waals surface area contributed by atoms with E-state index in [1.165, 1.54) is 0 Å². The number of methoxy groups -OCH3 is 1. The number of hydrogen-bond acceptors (Lipinski definition) is 2. The van der Waals surface area contributed by atoms with Crippen LogP contribution < -0.4 is 4.74 Å². The Morgan fingerprint density at radius 2 is 1.76 bits per heavy atom. The number of aliphatic imine (C=N–C) groups is 1. The zero-order valence-corrected chi connectivity index (χ0v) is 10.1. The van der Waals surface area contributed by atoms with Crippen LogP contribution in [0.3, 0.4) is 0 Å². The van der Waals surface area contributed by atoms with Crippen LogP contribution in [0.1, 0.15) is 11.1 Å². The largest absolute Gasteiger partial charge is 0.496 e. The van der Waals surface area contributed by atoms with E-state index in [-0.39, 0.29) is 0 Å². The highest BCUT2D eigenvalue weighted by atomic mass is 16.5. The maximum Gasteiger partial charge on any atom is 0.130 e. The molecule has 2 aromatic carbocycles. The normalized spacial score (nSPS) is 10.7. The monoisotopic (exact) mass is 225 g/mol. The maximum atomic E-state index is 5.37. The van der Waals surface area contributed by atoms with Crippen molar-refractivity contribution in [3.63, 3.8) is 0 Å². The molecule has 0 aliphatic carbocycles. The van der Waals surface area contributed by atoms with E-state index in [0.717, 1.165) is 22.6 Å². The maximum absolute atomic E-state index is 5.37. The minimum absolute atomic E-state index is 0.882. The first kappa shape index (κ1) is 11.4. The second kappa shape index (κ2) is 5.30. The smallest absolute Gasteiger partial charge is 0.130 e. The van der Waals surface area contributed by atoms with Crippen LogP contribution in [0.25, 0.3) is 0 Å². The van der Waals surface area contributed by atoms with Gasteiger partial charge in [-0.2, -0.15) is 0 Å². The van der Waals surface area contributed by atoms with Gasteiger partial charge in [-0.25, -0.2) is 0 Å². The third-order valence-corrected chi connectivity index (χ3v) is 2.56. The highest BCUT2D eigenvalue weighted by molar-refractivity contribution is 5.86. The summed E-state index contributed by atoms with van der Waals surface area (Å²) in [6.07, 6.45) is 1.83. The number of rotatable bonds is 3. The van der Waals surface area contributed by atoms with E-state index in [1.807, 2.05) is 61.7 Å². The molecular formula is C15H15NO. The summed E-state index contributed by atoms with van der Waals surface area (Å²) in [5.41, 5.74) is 3.05. The van der Waals surface area contributed by atoms with Crippen molar-refractivity contribution in [3.8, 4) is 5.75 Å². The van der Waals surface area contributed by atoms with Crippen LogP contribution in [-0.2, 0) is 0 Å². The molecule has 0 aliphatic heterocycles. The summed E-state index contributed by atoms with van der Waals surface area (Å²) in [6.45, 7) is 2.03. The lowest BCUT2D eigenvalue weighted by atomic mass is 10.1. The van der Waals surface area contributed by atoms with Gasteiger partial charge in [0.25, 0.3) is 0 Å². The Morgan fingerprint density at radius 1 is 1.00 bits per heavy atom. The second-order valence-corrected chi connectivity index (χ2v) is 3.79. The molecule has 0 unspecified atom stereocenters. The number of para-hydroxylation sites is 2. The number of benzene rings is 2. The standard InChI is InChI=1S/C15H15NO/c1-12-7-6-8-13(15(12)17-2)11-16-14-9-4-3-5-10-14/h3-11H,1-2H3/b16-11+. The van der Waals surface area contributed by atoms with Gasteiger partial charge in [0.05, 0.1) is 12.8 Å². The molecule has 2 rings (SSSR count). The summed E-state index contributed by atoms with van der Waals surface area (Å²) in [5.74, 6) is 0.882. The van der Waals surface area contributed by atoms with Crippen LogP contribution in [0.2, 0.25) is 0 Å². The van der Waals surface area contributed by atoms with Crippen molar-refractivity contribution in [2.24, 2.45) is 4.99 Å². The zero-order valence-electron chi connectivity index (χ0n) is 10.1. The zero-order chi connectivity index (χ0) is 12.1. The molecule has 0 bridgehead atoms. The first-order valence-electron chi connectivity index (χ1n) is 5.54. The Bertz CT molecular complexity index is 518. The van der Waals surface area contributed by atoms with E-state index in [9.17, 15) is 0 Å². The molecule has 2 nitrogen and oxygen atoms in total. The van der Waals surface area contributed by atoms with Crippen molar-refractivity contribution in [1.29, 1.82) is 0 Å². The van der Waals surface area contributed by atoms with Crippen LogP contribution in [0, 0.1) is 6.92 Å². The Kier molecular flexibility index (Phi) is 3.55. The Hall–Kier alpha value is -2.09. The molecular weight excluding hydrogens is 210 g/mol. The van der Waals surface area contributed by atoms with Gasteiger partial charge in [0.15, 0.2) is 0 Å². The van der Waals surface area contributed by atoms with Gasteiger partial charge in [0.1, 0.15) is 5.75 Å². The van der Waals surface area contributed by atoms with Gasteiger partial charge in [-0.05, 0) is 30.7 Å². The van der Waals surface area contributed by atoms with Gasteiger partial charge in [0.2, 0.25) is 0 Å². The van der Waals surface area contributed by atoms with Crippen LogP contribution >= 0.6 is 0 Å². The average molecular weight is 225 g/mol. The molecule has 0 spiro atoms. The molecule has 0 amide bonds. The van der Waals surface area contributed by atoms with E-state index < -0.39 is 0 Å². The molecule has 86 valence electrons. The van der Waals surface area contributed by atoms with Crippen molar-refractivity contribution in [3.05, 3.63) is 59.7 Å². The van der Waals surface area contributed by atoms with E-state index in [2.05, 4.69) is 4.99 Å². The van der Waals surface area contributed by atoms with E-state index >= 15 is 0 Å². The fourth-order valence-electron chi connectivity index (χ4n) is 1.71. The third kappa shape index (κ3) is 2.72. The summed E-state index contributed by atoms with van der Waals surface area (Å²) in [6, 6.07) is 15.9. The van der Waals surface area contributed by atoms with Gasteiger partial charge >= 0.3 is 0 Å². The summed E-state index contributed by atoms with van der Waals surface area (Å²) in [5, 5.41) is 0. The summed E-state index contributed by atoms with van der Waals surface area (Å²) in [4.78, 5) is 4.42. The van der Waals surface area contributed by atoms with Crippen molar-refractivity contribution in [1.82, 2.24) is 0 Å². The molecule has 0 N–H and O–H groups in total. The molecule has 0 radical (unpaired) electrons. The van der Waals surface area contributed by atoms with Crippen LogP contribution in [0.5, 0.6) is 5.75 Å². The summed E-state index contributed by atoms with van der Waals surface area (Å²) in [7, 11) is 1.68. The number of ether oxygens (including phenoxy) is 1. The third-order valence-electron chi connectivity index (χ3n) is 2.56. The molecule has 0 saturated carbocycles. The number of aryl methyl sites for hydroxylation is 1. The van der Waals surface area contributed by atoms with E-state index in [1.54, 1.807) is 7.11 Å². The lowest BCUT2D eigenvalue weighted by Crippen LogP contribution is -1.93. The molecule has 17 heavy (non-hydrogen) atoms. The SMILES string of the molecule is COc1c(C)cccc1/C=N/c1ccccc1. The molecule has 0 fully saturated rings. The predicted molar refractivity (Wildman–Crippen MR) is 71.4 cm³/mol. The molecule has 2 aromatic rings. The second-order valence-electron chi connectivity index (χ2n) is 3.79. The quantitative estimate of drug-likeness (QED) is 0.729. The fraction of sp³-hybridized carbons (Fsp3) is 0.133. The highest BCUT2D eigenvalue weighted by Crippen LogP contribution is 2.22. The molecule has 0 atom stereocenters. The number of hydrogen-bond donors (Lipinski definition) is 0. The van der Waals surface area contributed by atoms with Crippen molar-refractivity contribution >= 4 is 11.9 Å². The van der Waals surface area contributed by atoms with E-state index in [0.29, 0.717) is 0 Å². The van der Waals surface area contributed by atoms with Gasteiger partial charge in [-0.3, -0.25) is 4.99 Å². The van der Waals surface area contributed by atoms with Crippen molar-refractivity contribution in [2.75, 3.05) is 7.11 Å². The molecule has 2 heteroatoms. The van der Waals surface area contributed by atoms with Crippen LogP contribution in [0.4, 0.5) is 5.69 Å². The Labute approximate surface area is 102 Å². The number of nitrogens with zero attached hydrogens (tertiary/aromatic N) is 1. The van der Waals surface area contributed by atoms with Gasteiger partial charge in [-0.15, -0.1) is 0 Å².